The first-order valence-electron chi connectivity index (χ1n) is 9.26. The van der Waals surface area contributed by atoms with E-state index >= 15 is 0 Å². The van der Waals surface area contributed by atoms with E-state index in [2.05, 4.69) is 16.4 Å². The third-order valence-electron chi connectivity index (χ3n) is 4.84. The zero-order chi connectivity index (χ0) is 20.0. The molecule has 0 atom stereocenters. The molecule has 5 rings (SSSR count). The molecule has 0 spiro atoms. The van der Waals surface area contributed by atoms with Crippen LogP contribution in [0.4, 0.5) is 5.69 Å². The number of aromatic nitrogens is 1. The summed E-state index contributed by atoms with van der Waals surface area (Å²) < 4.78 is 16.5. The van der Waals surface area contributed by atoms with Crippen LogP contribution in [0.15, 0.2) is 59.0 Å². The minimum atomic E-state index is -0.219. The molecule has 4 aromatic rings. The molecule has 0 radical (unpaired) electrons. The zero-order valence-electron chi connectivity index (χ0n) is 16.0. The van der Waals surface area contributed by atoms with Crippen molar-refractivity contribution < 1.29 is 18.7 Å². The van der Waals surface area contributed by atoms with Crippen LogP contribution in [0, 0.1) is 13.8 Å². The Kier molecular flexibility index (Phi) is 3.98. The molecule has 0 saturated heterocycles. The number of amides is 1. The van der Waals surface area contributed by atoms with Gasteiger partial charge in [0, 0.05) is 16.8 Å². The van der Waals surface area contributed by atoms with Crippen molar-refractivity contribution in [2.24, 2.45) is 0 Å². The highest BCUT2D eigenvalue weighted by Crippen LogP contribution is 2.33. The van der Waals surface area contributed by atoms with E-state index in [9.17, 15) is 4.79 Å². The number of hydrogen-bond donors (Lipinski definition) is 1. The van der Waals surface area contributed by atoms with Crippen molar-refractivity contribution in [2.45, 2.75) is 13.8 Å². The third-order valence-corrected chi connectivity index (χ3v) is 4.84. The molecule has 0 saturated carbocycles. The van der Waals surface area contributed by atoms with Crippen LogP contribution in [-0.2, 0) is 0 Å². The van der Waals surface area contributed by atoms with E-state index in [1.807, 2.05) is 44.2 Å². The van der Waals surface area contributed by atoms with Gasteiger partial charge in [-0.05, 0) is 73.5 Å². The molecule has 0 unspecified atom stereocenters. The molecule has 2 heterocycles. The molecule has 1 aliphatic heterocycles. The first kappa shape index (κ1) is 17.3. The molecule has 1 aliphatic rings. The highest BCUT2D eigenvalue weighted by Gasteiger charge is 2.16. The van der Waals surface area contributed by atoms with E-state index in [1.54, 1.807) is 18.2 Å². The van der Waals surface area contributed by atoms with Gasteiger partial charge in [-0.15, -0.1) is 0 Å². The van der Waals surface area contributed by atoms with Crippen molar-refractivity contribution in [3.8, 4) is 23.0 Å². The molecule has 0 aliphatic carbocycles. The largest absolute Gasteiger partial charge is 0.454 e. The monoisotopic (exact) mass is 386 g/mol. The van der Waals surface area contributed by atoms with E-state index in [0.29, 0.717) is 28.6 Å². The molecule has 1 amide bonds. The lowest BCUT2D eigenvalue weighted by atomic mass is 10.1. The van der Waals surface area contributed by atoms with E-state index < -0.39 is 0 Å². The van der Waals surface area contributed by atoms with E-state index in [1.165, 1.54) is 0 Å². The van der Waals surface area contributed by atoms with Crippen molar-refractivity contribution in [1.82, 2.24) is 4.98 Å². The maximum Gasteiger partial charge on any atom is 0.255 e. The molecule has 6 nitrogen and oxygen atoms in total. The minimum absolute atomic E-state index is 0.177. The first-order chi connectivity index (χ1) is 14.1. The van der Waals surface area contributed by atoms with E-state index in [4.69, 9.17) is 13.9 Å². The lowest BCUT2D eigenvalue weighted by molar-refractivity contribution is 0.102. The predicted molar refractivity (Wildman–Crippen MR) is 109 cm³/mol. The average molecular weight is 386 g/mol. The number of carbonyl (C=O) groups excluding carboxylic acids is 1. The number of hydrogen-bond acceptors (Lipinski definition) is 5. The highest BCUT2D eigenvalue weighted by molar-refractivity contribution is 6.04. The average Bonchev–Trinajstić information content (AvgIpc) is 3.34. The van der Waals surface area contributed by atoms with Crippen LogP contribution in [0.1, 0.15) is 21.5 Å². The van der Waals surface area contributed by atoms with Gasteiger partial charge >= 0.3 is 0 Å². The normalized spacial score (nSPS) is 12.3. The Bertz CT molecular complexity index is 1240. The van der Waals surface area contributed by atoms with Crippen LogP contribution in [0.25, 0.3) is 22.6 Å². The molecule has 144 valence electrons. The molecule has 1 aromatic heterocycles. The second-order valence-electron chi connectivity index (χ2n) is 7.05. The quantitative estimate of drug-likeness (QED) is 0.531. The number of anilines is 1. The number of oxazole rings is 1. The summed E-state index contributed by atoms with van der Waals surface area (Å²) in [6.07, 6.45) is 0. The summed E-state index contributed by atoms with van der Waals surface area (Å²) in [5, 5.41) is 2.88. The Morgan fingerprint density at radius 1 is 0.966 bits per heavy atom. The van der Waals surface area contributed by atoms with Gasteiger partial charge in [0.1, 0.15) is 5.52 Å². The van der Waals surface area contributed by atoms with Gasteiger partial charge in [0.2, 0.25) is 12.7 Å². The van der Waals surface area contributed by atoms with Crippen molar-refractivity contribution in [3.63, 3.8) is 0 Å². The second kappa shape index (κ2) is 6.67. The molecule has 1 N–H and O–H groups in total. The van der Waals surface area contributed by atoms with Gasteiger partial charge in [-0.3, -0.25) is 4.79 Å². The molecule has 0 fully saturated rings. The van der Waals surface area contributed by atoms with Crippen LogP contribution >= 0.6 is 0 Å². The summed E-state index contributed by atoms with van der Waals surface area (Å²) in [4.78, 5) is 17.1. The Hall–Kier alpha value is -3.80. The SMILES string of the molecule is Cc1cc(C)c2oc(-c3ccc(NC(=O)c4ccc5c(c4)OCO5)cc3)nc2c1. The number of aryl methyl sites for hydroxylation is 2. The number of ether oxygens (including phenoxy) is 2. The van der Waals surface area contributed by atoms with Gasteiger partial charge in [0.15, 0.2) is 17.1 Å². The number of nitrogens with zero attached hydrogens (tertiary/aromatic N) is 1. The number of carbonyl (C=O) groups is 1. The molecular formula is C23H18N2O4. The van der Waals surface area contributed by atoms with Crippen LogP contribution in [-0.4, -0.2) is 17.7 Å². The highest BCUT2D eigenvalue weighted by atomic mass is 16.7. The van der Waals surface area contributed by atoms with Gasteiger partial charge in [-0.1, -0.05) is 6.07 Å². The summed E-state index contributed by atoms with van der Waals surface area (Å²) >= 11 is 0. The Balaban J connectivity index is 1.36. The van der Waals surface area contributed by atoms with E-state index in [-0.39, 0.29) is 12.7 Å². The van der Waals surface area contributed by atoms with E-state index in [0.717, 1.165) is 27.8 Å². The lowest BCUT2D eigenvalue weighted by Crippen LogP contribution is -2.11. The van der Waals surface area contributed by atoms with Crippen molar-refractivity contribution in [1.29, 1.82) is 0 Å². The molecular weight excluding hydrogens is 368 g/mol. The second-order valence-corrected chi connectivity index (χ2v) is 7.05. The molecule has 29 heavy (non-hydrogen) atoms. The van der Waals surface area contributed by atoms with Crippen molar-refractivity contribution in [3.05, 3.63) is 71.3 Å². The smallest absolute Gasteiger partial charge is 0.255 e. The van der Waals surface area contributed by atoms with Crippen molar-refractivity contribution in [2.75, 3.05) is 12.1 Å². The number of fused-ring (bicyclic) bond motifs is 2. The van der Waals surface area contributed by atoms with Crippen LogP contribution in [0.3, 0.4) is 0 Å². The number of nitrogens with one attached hydrogen (secondary N) is 1. The number of rotatable bonds is 3. The van der Waals surface area contributed by atoms with Gasteiger partial charge in [-0.2, -0.15) is 0 Å². The summed E-state index contributed by atoms with van der Waals surface area (Å²) in [5.41, 5.74) is 5.88. The van der Waals surface area contributed by atoms with Gasteiger partial charge in [0.05, 0.1) is 0 Å². The fraction of sp³-hybridized carbons (Fsp3) is 0.130. The summed E-state index contributed by atoms with van der Waals surface area (Å²) in [6.45, 7) is 4.23. The molecule has 0 bridgehead atoms. The number of benzene rings is 3. The first-order valence-corrected chi connectivity index (χ1v) is 9.26. The fourth-order valence-electron chi connectivity index (χ4n) is 3.44. The predicted octanol–water partition coefficient (Wildman–Crippen LogP) is 5.09. The van der Waals surface area contributed by atoms with Gasteiger partial charge in [0.25, 0.3) is 5.91 Å². The lowest BCUT2D eigenvalue weighted by Gasteiger charge is -2.06. The van der Waals surface area contributed by atoms with Gasteiger partial charge in [-0.25, -0.2) is 4.98 Å². The zero-order valence-corrected chi connectivity index (χ0v) is 16.0. The van der Waals surface area contributed by atoms with Crippen molar-refractivity contribution >= 4 is 22.7 Å². The Morgan fingerprint density at radius 2 is 1.76 bits per heavy atom. The fourth-order valence-corrected chi connectivity index (χ4v) is 3.44. The standard InChI is InChI=1S/C23H18N2O4/c1-13-9-14(2)21-18(10-13)25-23(29-21)15-3-6-17(7-4-15)24-22(26)16-5-8-19-20(11-16)28-12-27-19/h3-11H,12H2,1-2H3,(H,24,26). The summed E-state index contributed by atoms with van der Waals surface area (Å²) in [7, 11) is 0. The van der Waals surface area contributed by atoms with Gasteiger partial charge < -0.3 is 19.2 Å². The maximum absolute atomic E-state index is 12.5. The Labute approximate surface area is 167 Å². The topological polar surface area (TPSA) is 73.6 Å². The maximum atomic E-state index is 12.5. The third kappa shape index (κ3) is 3.18. The molecule has 6 heteroatoms. The van der Waals surface area contributed by atoms with Crippen LogP contribution in [0.5, 0.6) is 11.5 Å². The summed E-state index contributed by atoms with van der Waals surface area (Å²) in [6, 6.07) is 16.6. The minimum Gasteiger partial charge on any atom is -0.454 e. The molecule has 3 aromatic carbocycles. The summed E-state index contributed by atoms with van der Waals surface area (Å²) in [5.74, 6) is 1.57. The van der Waals surface area contributed by atoms with Crippen LogP contribution in [0.2, 0.25) is 0 Å². The van der Waals surface area contributed by atoms with Crippen LogP contribution < -0.4 is 14.8 Å². The Morgan fingerprint density at radius 3 is 2.59 bits per heavy atom.